The van der Waals surface area contributed by atoms with Crippen molar-refractivity contribution in [3.8, 4) is 0 Å². The first kappa shape index (κ1) is 49.1. The van der Waals surface area contributed by atoms with Gasteiger partial charge in [-0.3, -0.25) is 14.4 Å². The van der Waals surface area contributed by atoms with Gasteiger partial charge in [-0.05, 0) is 44.9 Å². The van der Waals surface area contributed by atoms with Crippen LogP contribution in [0.4, 0.5) is 0 Å². The van der Waals surface area contributed by atoms with Crippen molar-refractivity contribution in [3.63, 3.8) is 0 Å². The Labute approximate surface area is 316 Å². The van der Waals surface area contributed by atoms with E-state index in [2.05, 4.69) is 32.9 Å². The molecule has 0 spiro atoms. The second-order valence-corrected chi connectivity index (χ2v) is 15.0. The van der Waals surface area contributed by atoms with E-state index >= 15 is 0 Å². The fourth-order valence-corrected chi connectivity index (χ4v) is 6.38. The van der Waals surface area contributed by atoms with Gasteiger partial charge in [0.05, 0.1) is 0 Å². The third-order valence-corrected chi connectivity index (χ3v) is 9.77. The average Bonchev–Trinajstić information content (AvgIpc) is 3.12. The first-order chi connectivity index (χ1) is 25.0. The SMILES string of the molecule is CCCCCCCC/C=C\CCCCCC(=O)OCC(COC(=O)CCCCCCCCCCCC)OC(=O)CCCCCCCCCCCC. The fraction of sp³-hybridized carbons (Fsp3) is 0.889. The van der Waals surface area contributed by atoms with E-state index in [1.165, 1.54) is 128 Å². The van der Waals surface area contributed by atoms with Crippen LogP contribution in [0.2, 0.25) is 0 Å². The Morgan fingerprint density at radius 3 is 1.00 bits per heavy atom. The summed E-state index contributed by atoms with van der Waals surface area (Å²) in [6.45, 7) is 6.59. The number of carbonyl (C=O) groups is 3. The molecule has 0 aliphatic carbocycles. The van der Waals surface area contributed by atoms with Crippen LogP contribution in [0.25, 0.3) is 0 Å². The molecule has 0 saturated carbocycles. The molecule has 0 radical (unpaired) electrons. The minimum absolute atomic E-state index is 0.0707. The molecule has 0 bridgehead atoms. The molecule has 0 fully saturated rings. The first-order valence-corrected chi connectivity index (χ1v) is 22.2. The quantitative estimate of drug-likeness (QED) is 0.0271. The lowest BCUT2D eigenvalue weighted by molar-refractivity contribution is -0.167. The number of unbranched alkanes of at least 4 members (excludes halogenated alkanes) is 27. The Kier molecular flexibility index (Phi) is 39.4. The minimum atomic E-state index is -0.766. The number of allylic oxidation sites excluding steroid dienone is 2. The van der Waals surface area contributed by atoms with Crippen LogP contribution in [0.5, 0.6) is 0 Å². The number of ether oxygens (including phenoxy) is 3. The van der Waals surface area contributed by atoms with Crippen molar-refractivity contribution in [2.24, 2.45) is 0 Å². The van der Waals surface area contributed by atoms with Crippen molar-refractivity contribution in [2.75, 3.05) is 13.2 Å². The van der Waals surface area contributed by atoms with Crippen LogP contribution >= 0.6 is 0 Å². The van der Waals surface area contributed by atoms with Crippen molar-refractivity contribution < 1.29 is 28.6 Å². The summed E-state index contributed by atoms with van der Waals surface area (Å²) in [5.74, 6) is -0.885. The Bertz CT molecular complexity index is 794. The summed E-state index contributed by atoms with van der Waals surface area (Å²) < 4.78 is 16.6. The molecule has 0 aromatic carbocycles. The average molecular weight is 721 g/mol. The van der Waals surface area contributed by atoms with Crippen LogP contribution in [-0.2, 0) is 28.6 Å². The van der Waals surface area contributed by atoms with Gasteiger partial charge in [0.25, 0.3) is 0 Å². The van der Waals surface area contributed by atoms with Crippen molar-refractivity contribution >= 4 is 17.9 Å². The van der Waals surface area contributed by atoms with Crippen molar-refractivity contribution in [1.29, 1.82) is 0 Å². The normalized spacial score (nSPS) is 12.0. The van der Waals surface area contributed by atoms with E-state index in [0.29, 0.717) is 19.3 Å². The zero-order valence-corrected chi connectivity index (χ0v) is 34.1. The van der Waals surface area contributed by atoms with Crippen molar-refractivity contribution in [1.82, 2.24) is 0 Å². The third-order valence-electron chi connectivity index (χ3n) is 9.77. The summed E-state index contributed by atoms with van der Waals surface area (Å²) in [6.07, 6.45) is 41.9. The van der Waals surface area contributed by atoms with Gasteiger partial charge in [0, 0.05) is 19.3 Å². The molecule has 1 unspecified atom stereocenters. The summed E-state index contributed by atoms with van der Waals surface area (Å²) in [7, 11) is 0. The maximum absolute atomic E-state index is 12.6. The lowest BCUT2D eigenvalue weighted by Crippen LogP contribution is -2.30. The predicted molar refractivity (Wildman–Crippen MR) is 215 cm³/mol. The van der Waals surface area contributed by atoms with Gasteiger partial charge in [-0.2, -0.15) is 0 Å². The van der Waals surface area contributed by atoms with Crippen LogP contribution in [0.1, 0.15) is 239 Å². The van der Waals surface area contributed by atoms with E-state index in [4.69, 9.17) is 14.2 Å². The second kappa shape index (κ2) is 40.9. The molecule has 0 N–H and O–H groups in total. The van der Waals surface area contributed by atoms with Gasteiger partial charge >= 0.3 is 17.9 Å². The molecular formula is C45H84O6. The number of rotatable bonds is 40. The molecule has 0 aliphatic heterocycles. The zero-order valence-electron chi connectivity index (χ0n) is 34.1. The Morgan fingerprint density at radius 2 is 0.647 bits per heavy atom. The Balaban J connectivity index is 4.35. The van der Waals surface area contributed by atoms with Crippen LogP contribution in [0, 0.1) is 0 Å². The fourth-order valence-electron chi connectivity index (χ4n) is 6.38. The molecule has 300 valence electrons. The maximum Gasteiger partial charge on any atom is 0.306 e. The molecule has 6 nitrogen and oxygen atoms in total. The van der Waals surface area contributed by atoms with Crippen LogP contribution in [0.15, 0.2) is 12.2 Å². The summed E-state index contributed by atoms with van der Waals surface area (Å²) >= 11 is 0. The second-order valence-electron chi connectivity index (χ2n) is 15.0. The molecular weight excluding hydrogens is 636 g/mol. The molecule has 6 heteroatoms. The largest absolute Gasteiger partial charge is 0.462 e. The van der Waals surface area contributed by atoms with Gasteiger partial charge in [-0.1, -0.05) is 187 Å². The first-order valence-electron chi connectivity index (χ1n) is 22.2. The van der Waals surface area contributed by atoms with E-state index in [1.807, 2.05) is 0 Å². The van der Waals surface area contributed by atoms with Crippen molar-refractivity contribution in [2.45, 2.75) is 245 Å². The molecule has 0 aromatic heterocycles. The molecule has 51 heavy (non-hydrogen) atoms. The number of carbonyl (C=O) groups excluding carboxylic acids is 3. The van der Waals surface area contributed by atoms with Gasteiger partial charge in [-0.15, -0.1) is 0 Å². The zero-order chi connectivity index (χ0) is 37.3. The standard InChI is InChI=1S/C45H84O6/c1-4-7-10-13-16-19-22-23-24-27-29-32-35-38-44(47)50-41-42(51-45(48)39-36-33-30-26-21-18-15-12-9-6-3)40-49-43(46)37-34-31-28-25-20-17-14-11-8-5-2/h23-24,42H,4-22,25-41H2,1-3H3/b24-23-. The summed E-state index contributed by atoms with van der Waals surface area (Å²) in [5.41, 5.74) is 0. The predicted octanol–water partition coefficient (Wildman–Crippen LogP) is 13.9. The van der Waals surface area contributed by atoms with E-state index in [1.54, 1.807) is 0 Å². The van der Waals surface area contributed by atoms with Crippen LogP contribution in [0.3, 0.4) is 0 Å². The number of hydrogen-bond donors (Lipinski definition) is 0. The summed E-state index contributed by atoms with van der Waals surface area (Å²) in [4.78, 5) is 37.6. The van der Waals surface area contributed by atoms with Gasteiger partial charge < -0.3 is 14.2 Å². The smallest absolute Gasteiger partial charge is 0.306 e. The lowest BCUT2D eigenvalue weighted by atomic mass is 10.1. The monoisotopic (exact) mass is 721 g/mol. The highest BCUT2D eigenvalue weighted by Gasteiger charge is 2.19. The highest BCUT2D eigenvalue weighted by Crippen LogP contribution is 2.14. The maximum atomic E-state index is 12.6. The molecule has 0 heterocycles. The molecule has 0 amide bonds. The highest BCUT2D eigenvalue weighted by molar-refractivity contribution is 5.71. The summed E-state index contributed by atoms with van der Waals surface area (Å²) in [5, 5.41) is 0. The lowest BCUT2D eigenvalue weighted by Gasteiger charge is -2.18. The minimum Gasteiger partial charge on any atom is -0.462 e. The van der Waals surface area contributed by atoms with E-state index in [9.17, 15) is 14.4 Å². The van der Waals surface area contributed by atoms with Crippen molar-refractivity contribution in [3.05, 3.63) is 12.2 Å². The van der Waals surface area contributed by atoms with Gasteiger partial charge in [-0.25, -0.2) is 0 Å². The van der Waals surface area contributed by atoms with E-state index in [-0.39, 0.29) is 31.1 Å². The van der Waals surface area contributed by atoms with Gasteiger partial charge in [0.1, 0.15) is 13.2 Å². The number of hydrogen-bond acceptors (Lipinski definition) is 6. The summed E-state index contributed by atoms with van der Waals surface area (Å²) in [6, 6.07) is 0. The van der Waals surface area contributed by atoms with Crippen LogP contribution < -0.4 is 0 Å². The molecule has 0 aromatic rings. The third kappa shape index (κ3) is 39.2. The number of esters is 3. The van der Waals surface area contributed by atoms with Crippen LogP contribution in [-0.4, -0.2) is 37.2 Å². The Hall–Kier alpha value is -1.85. The van der Waals surface area contributed by atoms with E-state index < -0.39 is 6.10 Å². The van der Waals surface area contributed by atoms with Gasteiger partial charge in [0.2, 0.25) is 0 Å². The van der Waals surface area contributed by atoms with E-state index in [0.717, 1.165) is 70.6 Å². The van der Waals surface area contributed by atoms with Gasteiger partial charge in [0.15, 0.2) is 6.10 Å². The molecule has 0 saturated heterocycles. The molecule has 0 aliphatic rings. The molecule has 1 atom stereocenters. The topological polar surface area (TPSA) is 78.9 Å². The highest BCUT2D eigenvalue weighted by atomic mass is 16.6. The molecule has 0 rings (SSSR count). The Morgan fingerprint density at radius 1 is 0.373 bits per heavy atom.